The number of rotatable bonds is 7. The van der Waals surface area contributed by atoms with Crippen LogP contribution in [0.25, 0.3) is 10.4 Å². The van der Waals surface area contributed by atoms with E-state index in [-0.39, 0.29) is 24.1 Å². The van der Waals surface area contributed by atoms with Crippen LogP contribution in [-0.4, -0.2) is 48.2 Å². The highest BCUT2D eigenvalue weighted by atomic mass is 127. The van der Waals surface area contributed by atoms with Gasteiger partial charge < -0.3 is 9.64 Å². The number of amides is 2. The predicted octanol–water partition coefficient (Wildman–Crippen LogP) is 4.01. The number of azide groups is 1. The number of hydrazine groups is 1. The number of anilines is 4. The number of benzene rings is 2. The Morgan fingerprint density at radius 3 is 2.63 bits per heavy atom. The Labute approximate surface area is 214 Å². The third-order valence-corrected chi connectivity index (χ3v) is 6.85. The van der Waals surface area contributed by atoms with Gasteiger partial charge in [-0.2, -0.15) is 0 Å². The van der Waals surface area contributed by atoms with Crippen LogP contribution < -0.4 is 20.7 Å². The van der Waals surface area contributed by atoms with Crippen molar-refractivity contribution in [2.75, 3.05) is 39.1 Å². The summed E-state index contributed by atoms with van der Waals surface area (Å²) < 4.78 is 5.96. The van der Waals surface area contributed by atoms with Crippen molar-refractivity contribution in [2.24, 2.45) is 16.1 Å². The van der Waals surface area contributed by atoms with Crippen LogP contribution in [0.1, 0.15) is 23.2 Å². The lowest BCUT2D eigenvalue weighted by Crippen LogP contribution is -2.58. The summed E-state index contributed by atoms with van der Waals surface area (Å²) in [6.07, 6.45) is 1.45. The minimum absolute atomic E-state index is 0.00130. The van der Waals surface area contributed by atoms with E-state index in [1.807, 2.05) is 17.0 Å². The van der Waals surface area contributed by atoms with Gasteiger partial charge in [-0.1, -0.05) is 33.8 Å². The number of hydrogen-bond donors (Lipinski definition) is 1. The lowest BCUT2D eigenvalue weighted by molar-refractivity contribution is -0.120. The second-order valence-corrected chi connectivity index (χ2v) is 8.74. The maximum absolute atomic E-state index is 13.4. The molecular formula is C22H23IN8O4. The number of alkyl halides is 1. The van der Waals surface area contributed by atoms with Crippen LogP contribution in [0.3, 0.4) is 0 Å². The average molecular weight is 590 g/mol. The van der Waals surface area contributed by atoms with Gasteiger partial charge in [-0.05, 0) is 54.8 Å². The zero-order valence-corrected chi connectivity index (χ0v) is 20.8. The molecule has 35 heavy (non-hydrogen) atoms. The molecule has 1 fully saturated rings. The van der Waals surface area contributed by atoms with Crippen molar-refractivity contribution in [3.63, 3.8) is 0 Å². The van der Waals surface area contributed by atoms with Gasteiger partial charge in [0.1, 0.15) is 6.04 Å². The molecule has 2 heterocycles. The molecule has 0 aromatic heterocycles. The van der Waals surface area contributed by atoms with Crippen molar-refractivity contribution in [1.29, 1.82) is 0 Å². The number of fused-ring (bicyclic) bond motifs is 1. The molecule has 0 radical (unpaired) electrons. The second kappa shape index (κ2) is 11.0. The number of nitrogens with zero attached hydrogens (tertiary/aromatic N) is 7. The van der Waals surface area contributed by atoms with Crippen LogP contribution in [0, 0.1) is 4.91 Å². The van der Waals surface area contributed by atoms with Crippen LogP contribution in [0.5, 0.6) is 0 Å². The Bertz CT molecular complexity index is 1180. The van der Waals surface area contributed by atoms with Crippen LogP contribution in [0.4, 0.5) is 22.7 Å². The smallest absolute Gasteiger partial charge is 0.316 e. The standard InChI is InChI=1S/C22H23IN8O4/c23-13-29-18-5-4-17(31(25)16-3-1-2-14(10-16)21(32)27-34)11-19(18)30(15-6-8-35-9-7-15)20(22(29)33)12-26-28-24/h1-5,10-11,15,20H,6-9,12-13,25H2/t20-/m1/s1. The lowest BCUT2D eigenvalue weighted by Gasteiger charge is -2.47. The largest absolute Gasteiger partial charge is 0.381 e. The molecule has 2 aliphatic rings. The Morgan fingerprint density at radius 2 is 1.94 bits per heavy atom. The lowest BCUT2D eigenvalue weighted by atomic mass is 9.98. The van der Waals surface area contributed by atoms with Gasteiger partial charge in [0.05, 0.1) is 33.8 Å². The maximum atomic E-state index is 13.4. The second-order valence-electron chi connectivity index (χ2n) is 8.06. The molecular weight excluding hydrogens is 567 g/mol. The summed E-state index contributed by atoms with van der Waals surface area (Å²) in [4.78, 5) is 42.4. The third-order valence-electron chi connectivity index (χ3n) is 6.17. The van der Waals surface area contributed by atoms with Gasteiger partial charge in [0.2, 0.25) is 0 Å². The van der Waals surface area contributed by atoms with Gasteiger partial charge in [-0.3, -0.25) is 19.5 Å². The Kier molecular flexibility index (Phi) is 7.80. The highest BCUT2D eigenvalue weighted by Gasteiger charge is 2.41. The molecule has 0 spiro atoms. The van der Waals surface area contributed by atoms with Crippen molar-refractivity contribution in [2.45, 2.75) is 24.9 Å². The Balaban J connectivity index is 1.79. The Hall–Kier alpha value is -3.26. The summed E-state index contributed by atoms with van der Waals surface area (Å²) in [5.41, 5.74) is 11.7. The highest BCUT2D eigenvalue weighted by Crippen LogP contribution is 2.42. The molecule has 2 aliphatic heterocycles. The average Bonchev–Trinajstić information content (AvgIpc) is 2.91. The number of carbonyl (C=O) groups excluding carboxylic acids is 2. The molecule has 4 rings (SSSR count). The van der Waals surface area contributed by atoms with Crippen LogP contribution in [0.15, 0.2) is 52.8 Å². The highest BCUT2D eigenvalue weighted by molar-refractivity contribution is 14.1. The van der Waals surface area contributed by atoms with E-state index in [4.69, 9.17) is 16.1 Å². The minimum Gasteiger partial charge on any atom is -0.381 e. The molecule has 2 aromatic carbocycles. The molecule has 2 aromatic rings. The maximum Gasteiger partial charge on any atom is 0.316 e. The van der Waals surface area contributed by atoms with Gasteiger partial charge >= 0.3 is 5.91 Å². The number of halogens is 1. The van der Waals surface area contributed by atoms with E-state index in [0.29, 0.717) is 29.1 Å². The molecule has 182 valence electrons. The van der Waals surface area contributed by atoms with E-state index >= 15 is 0 Å². The summed E-state index contributed by atoms with van der Waals surface area (Å²) in [5.74, 6) is 5.41. The first-order valence-corrected chi connectivity index (χ1v) is 12.4. The van der Waals surface area contributed by atoms with Crippen molar-refractivity contribution in [1.82, 2.24) is 0 Å². The molecule has 0 saturated carbocycles. The molecule has 1 saturated heterocycles. The molecule has 0 unspecified atom stereocenters. The minimum atomic E-state index is -0.881. The van der Waals surface area contributed by atoms with E-state index in [1.165, 1.54) is 17.1 Å². The van der Waals surface area contributed by atoms with E-state index in [9.17, 15) is 14.5 Å². The topological polar surface area (TPSA) is 157 Å². The number of nitroso groups, excluding NO2 is 1. The number of hydrogen-bond acceptors (Lipinski definition) is 8. The monoisotopic (exact) mass is 590 g/mol. The molecule has 0 bridgehead atoms. The normalized spacial score (nSPS) is 18.0. The Morgan fingerprint density at radius 1 is 1.20 bits per heavy atom. The van der Waals surface area contributed by atoms with Crippen molar-refractivity contribution in [3.05, 3.63) is 63.4 Å². The summed E-state index contributed by atoms with van der Waals surface area (Å²) in [5, 5.41) is 7.60. The van der Waals surface area contributed by atoms with Crippen molar-refractivity contribution in [3.8, 4) is 0 Å². The van der Waals surface area contributed by atoms with Crippen LogP contribution >= 0.6 is 22.6 Å². The number of carbonyl (C=O) groups is 2. The van der Waals surface area contributed by atoms with E-state index in [1.54, 1.807) is 23.1 Å². The summed E-state index contributed by atoms with van der Waals surface area (Å²) >= 11 is 2.13. The van der Waals surface area contributed by atoms with Gasteiger partial charge in [0.25, 0.3) is 5.91 Å². The van der Waals surface area contributed by atoms with E-state index < -0.39 is 11.9 Å². The zero-order valence-electron chi connectivity index (χ0n) is 18.7. The van der Waals surface area contributed by atoms with Crippen molar-refractivity contribution < 1.29 is 14.3 Å². The number of ether oxygens (including phenoxy) is 1. The third kappa shape index (κ3) is 4.93. The summed E-state index contributed by atoms with van der Waals surface area (Å²) in [7, 11) is 0. The van der Waals surface area contributed by atoms with Crippen molar-refractivity contribution >= 4 is 57.2 Å². The predicted molar refractivity (Wildman–Crippen MR) is 140 cm³/mol. The first-order chi connectivity index (χ1) is 17.0. The SMILES string of the molecule is [N-]=[N+]=NC[C@@H]1C(=O)N(CI)c2ccc(N(N)c3cccc(C(=O)N=O)c3)cc2N1C1CCOCC1. The van der Waals surface area contributed by atoms with E-state index in [0.717, 1.165) is 24.2 Å². The van der Waals surface area contributed by atoms with Gasteiger partial charge in [-0.25, -0.2) is 5.84 Å². The summed E-state index contributed by atoms with van der Waals surface area (Å²) in [6.45, 7) is 1.14. The van der Waals surface area contributed by atoms with Gasteiger partial charge in [0.15, 0.2) is 0 Å². The fraction of sp³-hybridized carbons (Fsp3) is 0.364. The molecule has 12 nitrogen and oxygen atoms in total. The number of nitrogens with two attached hydrogens (primary N) is 1. The fourth-order valence-electron chi connectivity index (χ4n) is 4.49. The molecule has 13 heteroatoms. The molecule has 2 amide bonds. The first-order valence-electron chi connectivity index (χ1n) is 10.9. The quantitative estimate of drug-likeness (QED) is 0.0588. The van der Waals surface area contributed by atoms with Crippen LogP contribution in [0.2, 0.25) is 0 Å². The summed E-state index contributed by atoms with van der Waals surface area (Å²) in [6, 6.07) is 11.2. The fourth-order valence-corrected chi connectivity index (χ4v) is 5.19. The van der Waals surface area contributed by atoms with Gasteiger partial charge in [0, 0.05) is 34.9 Å². The van der Waals surface area contributed by atoms with Gasteiger partial charge in [-0.15, -0.1) is 4.91 Å². The first kappa shape index (κ1) is 24.9. The molecule has 2 N–H and O–H groups in total. The van der Waals surface area contributed by atoms with Crippen LogP contribution in [-0.2, 0) is 9.53 Å². The molecule has 0 aliphatic carbocycles. The molecule has 1 atom stereocenters. The van der Waals surface area contributed by atoms with E-state index in [2.05, 4.69) is 37.8 Å². The zero-order chi connectivity index (χ0) is 24.9.